The summed E-state index contributed by atoms with van der Waals surface area (Å²) >= 11 is 0. The summed E-state index contributed by atoms with van der Waals surface area (Å²) in [6.07, 6.45) is 1.43. The summed E-state index contributed by atoms with van der Waals surface area (Å²) in [7, 11) is 1.88. The number of anilines is 1. The van der Waals surface area contributed by atoms with Gasteiger partial charge >= 0.3 is 0 Å². The minimum Gasteiger partial charge on any atom is -0.489 e. The lowest BCUT2D eigenvalue weighted by atomic mass is 10.2. The first-order valence-electron chi connectivity index (χ1n) is 6.33. The Labute approximate surface area is 109 Å². The molecule has 1 aromatic rings. The molecule has 1 rings (SSSR count). The Morgan fingerprint density at radius 1 is 1.33 bits per heavy atom. The first-order valence-corrected chi connectivity index (χ1v) is 6.33. The molecule has 1 amide bonds. The second-order valence-electron chi connectivity index (χ2n) is 4.42. The Morgan fingerprint density at radius 2 is 2.06 bits per heavy atom. The number of rotatable bonds is 7. The van der Waals surface area contributed by atoms with Gasteiger partial charge in [-0.3, -0.25) is 4.79 Å². The zero-order valence-corrected chi connectivity index (χ0v) is 11.3. The molecule has 0 aliphatic heterocycles. The quantitative estimate of drug-likeness (QED) is 0.731. The molecule has 1 aromatic carbocycles. The largest absolute Gasteiger partial charge is 0.489 e. The molecule has 0 aliphatic carbocycles. The summed E-state index contributed by atoms with van der Waals surface area (Å²) < 4.78 is 5.64. The van der Waals surface area contributed by atoms with Crippen LogP contribution in [0, 0.1) is 0 Å². The predicted molar refractivity (Wildman–Crippen MR) is 74.0 cm³/mol. The highest BCUT2D eigenvalue weighted by Gasteiger charge is 2.08. The van der Waals surface area contributed by atoms with Gasteiger partial charge in [0.15, 0.2) is 0 Å². The normalized spacial score (nSPS) is 10.4. The zero-order chi connectivity index (χ0) is 13.4. The molecule has 0 saturated carbocycles. The summed E-state index contributed by atoms with van der Waals surface area (Å²) in [6, 6.07) is 7.50. The molecule has 0 unspecified atom stereocenters. The molecule has 100 valence electrons. The molecular formula is C14H22N2O2. The topological polar surface area (TPSA) is 50.4 Å². The van der Waals surface area contributed by atoms with Gasteiger partial charge in [-0.2, -0.15) is 0 Å². The molecular weight excluding hydrogens is 228 g/mol. The molecule has 0 aromatic heterocycles. The number of nitrogens with one attached hydrogen (secondary N) is 2. The van der Waals surface area contributed by atoms with Crippen LogP contribution in [0.4, 0.5) is 5.69 Å². The van der Waals surface area contributed by atoms with Crippen molar-refractivity contribution in [3.63, 3.8) is 0 Å². The van der Waals surface area contributed by atoms with E-state index in [1.54, 1.807) is 0 Å². The van der Waals surface area contributed by atoms with Gasteiger partial charge in [0, 0.05) is 6.42 Å². The fraction of sp³-hybridized carbons (Fsp3) is 0.500. The Balaban J connectivity index is 2.57. The molecule has 4 nitrogen and oxygen atoms in total. The second kappa shape index (κ2) is 7.71. The lowest BCUT2D eigenvalue weighted by Crippen LogP contribution is -2.16. The van der Waals surface area contributed by atoms with Crippen LogP contribution < -0.4 is 15.4 Å². The van der Waals surface area contributed by atoms with Crippen molar-refractivity contribution in [2.24, 2.45) is 0 Å². The number of carbonyl (C=O) groups is 1. The molecule has 0 aliphatic rings. The lowest BCUT2D eigenvalue weighted by molar-refractivity contribution is -0.116. The van der Waals surface area contributed by atoms with E-state index in [-0.39, 0.29) is 12.0 Å². The van der Waals surface area contributed by atoms with Crippen molar-refractivity contribution in [2.75, 3.05) is 18.9 Å². The predicted octanol–water partition coefficient (Wildman–Crippen LogP) is 2.41. The number of benzene rings is 1. The van der Waals surface area contributed by atoms with E-state index in [2.05, 4.69) is 10.6 Å². The third kappa shape index (κ3) is 5.19. The van der Waals surface area contributed by atoms with Crippen LogP contribution in [0.1, 0.15) is 26.7 Å². The first-order chi connectivity index (χ1) is 8.63. The molecule has 4 heteroatoms. The van der Waals surface area contributed by atoms with E-state index >= 15 is 0 Å². The van der Waals surface area contributed by atoms with E-state index < -0.39 is 0 Å². The van der Waals surface area contributed by atoms with E-state index in [0.29, 0.717) is 6.42 Å². The maximum Gasteiger partial charge on any atom is 0.224 e. The summed E-state index contributed by atoms with van der Waals surface area (Å²) in [5.74, 6) is 0.736. The summed E-state index contributed by atoms with van der Waals surface area (Å²) in [6.45, 7) is 4.77. The summed E-state index contributed by atoms with van der Waals surface area (Å²) in [5, 5.41) is 5.90. The van der Waals surface area contributed by atoms with E-state index in [4.69, 9.17) is 4.74 Å². The second-order valence-corrected chi connectivity index (χ2v) is 4.42. The Morgan fingerprint density at radius 3 is 2.72 bits per heavy atom. The van der Waals surface area contributed by atoms with Crippen molar-refractivity contribution in [1.29, 1.82) is 0 Å². The molecule has 0 saturated heterocycles. The van der Waals surface area contributed by atoms with Crippen molar-refractivity contribution < 1.29 is 9.53 Å². The number of para-hydroxylation sites is 2. The SMILES string of the molecule is CNCCCC(=O)Nc1ccccc1OC(C)C. The third-order valence-corrected chi connectivity index (χ3v) is 2.35. The maximum atomic E-state index is 11.7. The number of hydrogen-bond donors (Lipinski definition) is 2. The molecule has 0 atom stereocenters. The van der Waals surface area contributed by atoms with Gasteiger partial charge in [-0.15, -0.1) is 0 Å². The van der Waals surface area contributed by atoms with Crippen LogP contribution in [0.25, 0.3) is 0 Å². The van der Waals surface area contributed by atoms with Crippen LogP contribution in [0.5, 0.6) is 5.75 Å². The Hall–Kier alpha value is -1.55. The van der Waals surface area contributed by atoms with Crippen LogP contribution >= 0.6 is 0 Å². The highest BCUT2D eigenvalue weighted by Crippen LogP contribution is 2.24. The highest BCUT2D eigenvalue weighted by atomic mass is 16.5. The summed E-state index contributed by atoms with van der Waals surface area (Å²) in [5.41, 5.74) is 0.737. The molecule has 18 heavy (non-hydrogen) atoms. The van der Waals surface area contributed by atoms with Gasteiger partial charge in [0.25, 0.3) is 0 Å². The first kappa shape index (κ1) is 14.5. The monoisotopic (exact) mass is 250 g/mol. The van der Waals surface area contributed by atoms with Crippen molar-refractivity contribution in [2.45, 2.75) is 32.8 Å². The molecule has 0 radical (unpaired) electrons. The maximum absolute atomic E-state index is 11.7. The van der Waals surface area contributed by atoms with Gasteiger partial charge in [0.05, 0.1) is 11.8 Å². The Bertz CT molecular complexity index is 378. The van der Waals surface area contributed by atoms with Crippen LogP contribution in [0.3, 0.4) is 0 Å². The molecule has 0 spiro atoms. The molecule has 2 N–H and O–H groups in total. The van der Waals surface area contributed by atoms with Gasteiger partial charge in [0.1, 0.15) is 5.75 Å². The number of ether oxygens (including phenoxy) is 1. The van der Waals surface area contributed by atoms with Crippen LogP contribution in [-0.4, -0.2) is 25.6 Å². The van der Waals surface area contributed by atoms with Crippen molar-refractivity contribution in [1.82, 2.24) is 5.32 Å². The fourth-order valence-electron chi connectivity index (χ4n) is 1.57. The molecule has 0 fully saturated rings. The average Bonchev–Trinajstić information content (AvgIpc) is 2.31. The minimum absolute atomic E-state index is 0.0186. The van der Waals surface area contributed by atoms with Gasteiger partial charge in [0.2, 0.25) is 5.91 Å². The zero-order valence-electron chi connectivity index (χ0n) is 11.3. The highest BCUT2D eigenvalue weighted by molar-refractivity contribution is 5.92. The van der Waals surface area contributed by atoms with Gasteiger partial charge < -0.3 is 15.4 Å². The van der Waals surface area contributed by atoms with Crippen molar-refractivity contribution in [3.05, 3.63) is 24.3 Å². The third-order valence-electron chi connectivity index (χ3n) is 2.35. The fourth-order valence-corrected chi connectivity index (χ4v) is 1.57. The number of amides is 1. The molecule has 0 bridgehead atoms. The van der Waals surface area contributed by atoms with E-state index in [9.17, 15) is 4.79 Å². The van der Waals surface area contributed by atoms with Gasteiger partial charge in [-0.1, -0.05) is 12.1 Å². The number of carbonyl (C=O) groups excluding carboxylic acids is 1. The lowest BCUT2D eigenvalue weighted by Gasteiger charge is -2.14. The van der Waals surface area contributed by atoms with E-state index in [0.717, 1.165) is 24.4 Å². The van der Waals surface area contributed by atoms with Crippen LogP contribution in [-0.2, 0) is 4.79 Å². The van der Waals surface area contributed by atoms with Gasteiger partial charge in [-0.05, 0) is 46.0 Å². The standard InChI is InChI=1S/C14H22N2O2/c1-11(2)18-13-8-5-4-7-12(13)16-14(17)9-6-10-15-3/h4-5,7-8,11,15H,6,9-10H2,1-3H3,(H,16,17). The van der Waals surface area contributed by atoms with E-state index in [1.165, 1.54) is 0 Å². The van der Waals surface area contributed by atoms with Crippen molar-refractivity contribution in [3.8, 4) is 5.75 Å². The average molecular weight is 250 g/mol. The van der Waals surface area contributed by atoms with E-state index in [1.807, 2.05) is 45.2 Å². The smallest absolute Gasteiger partial charge is 0.224 e. The molecule has 0 heterocycles. The van der Waals surface area contributed by atoms with Gasteiger partial charge in [-0.25, -0.2) is 0 Å². The minimum atomic E-state index is 0.0186. The Kier molecular flexibility index (Phi) is 6.22. The van der Waals surface area contributed by atoms with Crippen LogP contribution in [0.15, 0.2) is 24.3 Å². The number of hydrogen-bond acceptors (Lipinski definition) is 3. The van der Waals surface area contributed by atoms with Crippen molar-refractivity contribution >= 4 is 11.6 Å². The summed E-state index contributed by atoms with van der Waals surface area (Å²) in [4.78, 5) is 11.7. The van der Waals surface area contributed by atoms with Crippen LogP contribution in [0.2, 0.25) is 0 Å².